The summed E-state index contributed by atoms with van der Waals surface area (Å²) in [7, 11) is 0. The second-order valence-corrected chi connectivity index (χ2v) is 5.49. The van der Waals surface area contributed by atoms with Crippen molar-refractivity contribution in [3.8, 4) is 11.1 Å². The van der Waals surface area contributed by atoms with Crippen molar-refractivity contribution in [1.29, 1.82) is 0 Å². The topological polar surface area (TPSA) is 74.2 Å². The van der Waals surface area contributed by atoms with E-state index < -0.39 is 0 Å². The van der Waals surface area contributed by atoms with Gasteiger partial charge in [-0.2, -0.15) is 0 Å². The summed E-state index contributed by atoms with van der Waals surface area (Å²) in [5, 5.41) is 14.7. The van der Waals surface area contributed by atoms with E-state index in [1.54, 1.807) is 6.20 Å². The Bertz CT molecular complexity index is 610. The van der Waals surface area contributed by atoms with Crippen LogP contribution >= 0.6 is 0 Å². The number of hydrogen-bond acceptors (Lipinski definition) is 3. The van der Waals surface area contributed by atoms with Crippen molar-refractivity contribution in [2.24, 2.45) is 0 Å². The van der Waals surface area contributed by atoms with Crippen molar-refractivity contribution < 1.29 is 9.90 Å². The number of hydrogen-bond donors (Lipinski definition) is 3. The van der Waals surface area contributed by atoms with Crippen LogP contribution in [-0.4, -0.2) is 28.8 Å². The number of pyridine rings is 1. The van der Waals surface area contributed by atoms with Gasteiger partial charge >= 0.3 is 6.03 Å². The SMILES string of the molecule is CC[C@@H](CO)NC(=O)N[C@@H](C)c1ccc(-c2cccnc2)cc1. The summed E-state index contributed by atoms with van der Waals surface area (Å²) in [6.45, 7) is 3.79. The molecule has 5 nitrogen and oxygen atoms in total. The number of urea groups is 1. The predicted molar refractivity (Wildman–Crippen MR) is 90.9 cm³/mol. The fraction of sp³-hybridized carbons (Fsp3) is 0.333. The maximum atomic E-state index is 11.9. The zero-order valence-electron chi connectivity index (χ0n) is 13.5. The normalized spacial score (nSPS) is 13.2. The van der Waals surface area contributed by atoms with Gasteiger partial charge in [0.1, 0.15) is 0 Å². The molecule has 0 radical (unpaired) electrons. The molecule has 122 valence electrons. The Kier molecular flexibility index (Phi) is 6.11. The molecule has 0 bridgehead atoms. The summed E-state index contributed by atoms with van der Waals surface area (Å²) >= 11 is 0. The van der Waals surface area contributed by atoms with Crippen LogP contribution in [0.2, 0.25) is 0 Å². The monoisotopic (exact) mass is 313 g/mol. The molecule has 0 saturated heterocycles. The van der Waals surface area contributed by atoms with Crippen LogP contribution in [0.15, 0.2) is 48.8 Å². The molecule has 1 aromatic heterocycles. The molecule has 1 aromatic carbocycles. The number of nitrogens with zero attached hydrogens (tertiary/aromatic N) is 1. The number of carbonyl (C=O) groups excluding carboxylic acids is 1. The molecule has 1 heterocycles. The molecule has 0 fully saturated rings. The molecular formula is C18H23N3O2. The molecule has 0 aliphatic heterocycles. The van der Waals surface area contributed by atoms with Crippen molar-refractivity contribution in [2.45, 2.75) is 32.4 Å². The minimum absolute atomic E-state index is 0.0574. The third-order valence-corrected chi connectivity index (χ3v) is 3.80. The van der Waals surface area contributed by atoms with E-state index in [-0.39, 0.29) is 24.7 Å². The maximum absolute atomic E-state index is 11.9. The van der Waals surface area contributed by atoms with Gasteiger partial charge in [0.25, 0.3) is 0 Å². The molecule has 3 N–H and O–H groups in total. The second kappa shape index (κ2) is 8.29. The first-order valence-electron chi connectivity index (χ1n) is 7.82. The first kappa shape index (κ1) is 17.0. The van der Waals surface area contributed by atoms with Gasteiger partial charge in [0.2, 0.25) is 0 Å². The van der Waals surface area contributed by atoms with E-state index in [9.17, 15) is 4.79 Å². The van der Waals surface area contributed by atoms with Crippen LogP contribution in [0.25, 0.3) is 11.1 Å². The fourth-order valence-electron chi connectivity index (χ4n) is 2.28. The standard InChI is InChI=1S/C18H23N3O2/c1-3-17(12-22)21-18(23)20-13(2)14-6-8-15(9-7-14)16-5-4-10-19-11-16/h4-11,13,17,22H,3,12H2,1-2H3,(H2,20,21,23)/t13-,17-/m0/s1. The molecule has 0 aliphatic carbocycles. The fourth-order valence-corrected chi connectivity index (χ4v) is 2.28. The third kappa shape index (κ3) is 4.79. The highest BCUT2D eigenvalue weighted by molar-refractivity contribution is 5.74. The average Bonchev–Trinajstić information content (AvgIpc) is 2.60. The lowest BCUT2D eigenvalue weighted by Gasteiger charge is -2.19. The third-order valence-electron chi connectivity index (χ3n) is 3.80. The van der Waals surface area contributed by atoms with Gasteiger partial charge in [-0.25, -0.2) is 4.79 Å². The van der Waals surface area contributed by atoms with Crippen LogP contribution in [0, 0.1) is 0 Å². The summed E-state index contributed by atoms with van der Waals surface area (Å²) in [6.07, 6.45) is 4.26. The van der Waals surface area contributed by atoms with Gasteiger partial charge in [-0.3, -0.25) is 4.98 Å². The zero-order chi connectivity index (χ0) is 16.7. The van der Waals surface area contributed by atoms with Crippen LogP contribution < -0.4 is 10.6 Å². The molecule has 0 aliphatic rings. The van der Waals surface area contributed by atoms with Gasteiger partial charge in [0, 0.05) is 12.4 Å². The molecule has 2 aromatic rings. The first-order chi connectivity index (χ1) is 11.1. The summed E-state index contributed by atoms with van der Waals surface area (Å²) in [4.78, 5) is 16.0. The lowest BCUT2D eigenvalue weighted by atomic mass is 10.0. The lowest BCUT2D eigenvalue weighted by Crippen LogP contribution is -2.44. The van der Waals surface area contributed by atoms with Gasteiger partial charge in [-0.1, -0.05) is 37.3 Å². The van der Waals surface area contributed by atoms with E-state index in [0.29, 0.717) is 6.42 Å². The molecule has 0 saturated carbocycles. The van der Waals surface area contributed by atoms with E-state index in [1.807, 2.05) is 56.4 Å². The predicted octanol–water partition coefficient (Wildman–Crippen LogP) is 2.88. The highest BCUT2D eigenvalue weighted by Gasteiger charge is 2.12. The Morgan fingerprint density at radius 1 is 1.17 bits per heavy atom. The molecule has 0 spiro atoms. The Morgan fingerprint density at radius 3 is 2.48 bits per heavy atom. The van der Waals surface area contributed by atoms with Crippen molar-refractivity contribution in [3.05, 3.63) is 54.4 Å². The van der Waals surface area contributed by atoms with Gasteiger partial charge < -0.3 is 15.7 Å². The Hall–Kier alpha value is -2.40. The first-order valence-corrected chi connectivity index (χ1v) is 7.82. The summed E-state index contributed by atoms with van der Waals surface area (Å²) in [6, 6.07) is 11.3. The molecule has 23 heavy (non-hydrogen) atoms. The number of benzene rings is 1. The Labute approximate surface area is 136 Å². The van der Waals surface area contributed by atoms with Crippen LogP contribution in [0.3, 0.4) is 0 Å². The Balaban J connectivity index is 1.97. The van der Waals surface area contributed by atoms with Crippen molar-refractivity contribution in [2.75, 3.05) is 6.61 Å². The second-order valence-electron chi connectivity index (χ2n) is 5.49. The number of nitrogens with one attached hydrogen (secondary N) is 2. The number of rotatable bonds is 6. The highest BCUT2D eigenvalue weighted by Crippen LogP contribution is 2.21. The molecule has 2 amide bonds. The molecule has 0 unspecified atom stereocenters. The highest BCUT2D eigenvalue weighted by atomic mass is 16.3. The molecule has 2 rings (SSSR count). The largest absolute Gasteiger partial charge is 0.394 e. The van der Waals surface area contributed by atoms with Crippen molar-refractivity contribution in [1.82, 2.24) is 15.6 Å². The number of aromatic nitrogens is 1. The molecular weight excluding hydrogens is 290 g/mol. The Morgan fingerprint density at radius 2 is 1.91 bits per heavy atom. The van der Waals surface area contributed by atoms with E-state index in [0.717, 1.165) is 16.7 Å². The lowest BCUT2D eigenvalue weighted by molar-refractivity contribution is 0.212. The molecule has 5 heteroatoms. The van der Waals surface area contributed by atoms with Gasteiger partial charge in [-0.05, 0) is 36.1 Å². The van der Waals surface area contributed by atoms with Crippen LogP contribution in [-0.2, 0) is 0 Å². The van der Waals surface area contributed by atoms with Crippen LogP contribution in [0.4, 0.5) is 4.79 Å². The average molecular weight is 313 g/mol. The van der Waals surface area contributed by atoms with Crippen LogP contribution in [0.1, 0.15) is 31.9 Å². The van der Waals surface area contributed by atoms with Crippen molar-refractivity contribution >= 4 is 6.03 Å². The van der Waals surface area contributed by atoms with Crippen LogP contribution in [0.5, 0.6) is 0 Å². The summed E-state index contributed by atoms with van der Waals surface area (Å²) in [5.74, 6) is 0. The number of aliphatic hydroxyl groups is 1. The number of carbonyl (C=O) groups is 1. The smallest absolute Gasteiger partial charge is 0.315 e. The van der Waals surface area contributed by atoms with Gasteiger partial charge in [0.05, 0.1) is 18.7 Å². The quantitative estimate of drug-likeness (QED) is 0.767. The number of amides is 2. The van der Waals surface area contributed by atoms with E-state index in [1.165, 1.54) is 0 Å². The van der Waals surface area contributed by atoms with Gasteiger partial charge in [0.15, 0.2) is 0 Å². The summed E-state index contributed by atoms with van der Waals surface area (Å²) in [5.41, 5.74) is 3.17. The minimum Gasteiger partial charge on any atom is -0.394 e. The van der Waals surface area contributed by atoms with E-state index in [2.05, 4.69) is 15.6 Å². The molecule has 2 atom stereocenters. The van der Waals surface area contributed by atoms with E-state index in [4.69, 9.17) is 5.11 Å². The zero-order valence-corrected chi connectivity index (χ0v) is 13.5. The van der Waals surface area contributed by atoms with Crippen molar-refractivity contribution in [3.63, 3.8) is 0 Å². The number of aliphatic hydroxyl groups excluding tert-OH is 1. The minimum atomic E-state index is -0.269. The van der Waals surface area contributed by atoms with E-state index >= 15 is 0 Å². The maximum Gasteiger partial charge on any atom is 0.315 e. The summed E-state index contributed by atoms with van der Waals surface area (Å²) < 4.78 is 0. The van der Waals surface area contributed by atoms with Gasteiger partial charge in [-0.15, -0.1) is 0 Å².